The molecule has 0 nitrogen and oxygen atoms in total. The summed E-state index contributed by atoms with van der Waals surface area (Å²) in [6, 6.07) is 0. The summed E-state index contributed by atoms with van der Waals surface area (Å²) in [5.74, 6) is 0. The molecule has 0 heterocycles. The predicted octanol–water partition coefficient (Wildman–Crippen LogP) is 1.66. The van der Waals surface area contributed by atoms with Gasteiger partial charge in [0.05, 0.1) is 0 Å². The summed E-state index contributed by atoms with van der Waals surface area (Å²) >= 11 is 0. The fraction of sp³-hybridized carbons (Fsp3) is 0.400. The summed E-state index contributed by atoms with van der Waals surface area (Å²) in [7, 11) is 0. The normalized spacial score (nSPS) is 10.0. The van der Waals surface area contributed by atoms with Crippen LogP contribution in [0.15, 0.2) is 12.2 Å². The molecule has 0 heteroatoms. The minimum absolute atomic E-state index is 0.663. The Balaban J connectivity index is 2.62. The highest BCUT2D eigenvalue weighted by atomic mass is 13.6. The molecule has 0 fully saturated rings. The van der Waals surface area contributed by atoms with Gasteiger partial charge in [0.2, 0.25) is 0 Å². The van der Waals surface area contributed by atoms with Gasteiger partial charge in [-0.05, 0) is 20.3 Å². The van der Waals surface area contributed by atoms with Gasteiger partial charge in [-0.15, -0.1) is 0 Å². The largest absolute Gasteiger partial charge is 0.0917 e. The lowest BCUT2D eigenvalue weighted by Crippen LogP contribution is -1.44. The second-order valence-electron chi connectivity index (χ2n) is 0.805. The molecule has 0 aliphatic rings. The average Bonchev–Trinajstić information content (AvgIpc) is 1.41. The number of rotatable bonds is 1. The first-order valence-electron chi connectivity index (χ1n) is 1.73. The molecule has 5 heavy (non-hydrogen) atoms. The second kappa shape index (κ2) is 3.74. The van der Waals surface area contributed by atoms with E-state index in [1.54, 1.807) is 0 Å². The summed E-state index contributed by atoms with van der Waals surface area (Å²) < 4.78 is 0. The van der Waals surface area contributed by atoms with Crippen molar-refractivity contribution in [1.82, 2.24) is 0 Å². The Hall–Kier alpha value is -0.260. The van der Waals surface area contributed by atoms with Crippen molar-refractivity contribution >= 4 is 0 Å². The lowest BCUT2D eigenvalue weighted by molar-refractivity contribution is 1.39. The van der Waals surface area contributed by atoms with E-state index in [0.29, 0.717) is 6.42 Å². The van der Waals surface area contributed by atoms with Gasteiger partial charge in [-0.3, -0.25) is 0 Å². The molecule has 0 aromatic rings. The summed E-state index contributed by atoms with van der Waals surface area (Å²) in [5, 5.41) is 0. The van der Waals surface area contributed by atoms with Crippen molar-refractivity contribution in [1.29, 1.82) is 0 Å². The first kappa shape index (κ1) is 4.74. The van der Waals surface area contributed by atoms with Gasteiger partial charge in [-0.25, -0.2) is 0 Å². The van der Waals surface area contributed by atoms with E-state index in [1.165, 1.54) is 0 Å². The highest BCUT2D eigenvalue weighted by molar-refractivity contribution is 4.76. The van der Waals surface area contributed by atoms with E-state index in [9.17, 15) is 0 Å². The molecule has 0 atom stereocenters. The second-order valence-corrected chi connectivity index (χ2v) is 0.805. The smallest absolute Gasteiger partial charge is 0.0311 e. The van der Waals surface area contributed by atoms with Gasteiger partial charge >= 0.3 is 0 Å². The van der Waals surface area contributed by atoms with E-state index >= 15 is 0 Å². The Morgan fingerprint density at radius 1 is 1.80 bits per heavy atom. The van der Waals surface area contributed by atoms with Gasteiger partial charge in [0.1, 0.15) is 0 Å². The van der Waals surface area contributed by atoms with E-state index < -0.39 is 0 Å². The van der Waals surface area contributed by atoms with Crippen LogP contribution in [0.25, 0.3) is 0 Å². The maximum atomic E-state index is 5.05. The maximum absolute atomic E-state index is 5.05. The SMILES string of the molecule is [CH]CC=CC. The van der Waals surface area contributed by atoms with E-state index in [1.807, 2.05) is 19.1 Å². The number of hydrogen-bond donors (Lipinski definition) is 0. The van der Waals surface area contributed by atoms with Crippen molar-refractivity contribution in [2.75, 3.05) is 0 Å². The highest BCUT2D eigenvalue weighted by Gasteiger charge is 1.52. The molecule has 0 aromatic carbocycles. The highest BCUT2D eigenvalue weighted by Crippen LogP contribution is 1.72. The van der Waals surface area contributed by atoms with Crippen LogP contribution in [0.5, 0.6) is 0 Å². The van der Waals surface area contributed by atoms with Crippen LogP contribution in [-0.2, 0) is 0 Å². The maximum Gasteiger partial charge on any atom is -0.0311 e. The molecule has 0 amide bonds. The van der Waals surface area contributed by atoms with Crippen LogP contribution in [0.2, 0.25) is 0 Å². The van der Waals surface area contributed by atoms with Gasteiger partial charge < -0.3 is 0 Å². The van der Waals surface area contributed by atoms with E-state index in [-0.39, 0.29) is 0 Å². The Morgan fingerprint density at radius 2 is 2.40 bits per heavy atom. The molecular weight excluding hydrogens is 60.1 g/mol. The van der Waals surface area contributed by atoms with Crippen LogP contribution in [0.1, 0.15) is 13.3 Å². The third-order valence-corrected chi connectivity index (χ3v) is 0.372. The van der Waals surface area contributed by atoms with Crippen LogP contribution in [0, 0.1) is 6.92 Å². The predicted molar refractivity (Wildman–Crippen MR) is 23.7 cm³/mol. The summed E-state index contributed by atoms with van der Waals surface area (Å²) in [6.45, 7) is 7.00. The van der Waals surface area contributed by atoms with Crippen LogP contribution in [-0.4, -0.2) is 0 Å². The van der Waals surface area contributed by atoms with E-state index in [0.717, 1.165) is 0 Å². The zero-order chi connectivity index (χ0) is 4.12. The summed E-state index contributed by atoms with van der Waals surface area (Å²) in [6.07, 6.45) is 4.50. The molecule has 0 saturated heterocycles. The van der Waals surface area contributed by atoms with Crippen LogP contribution >= 0.6 is 0 Å². The van der Waals surface area contributed by atoms with Gasteiger partial charge in [0, 0.05) is 0 Å². The standard InChI is InChI=1S/C5H8/c1-3-5-4-2/h1,4-5H,3H2,2H3. The van der Waals surface area contributed by atoms with E-state index in [2.05, 4.69) is 0 Å². The fourth-order valence-electron chi connectivity index (χ4n) is 0.136. The van der Waals surface area contributed by atoms with Crippen molar-refractivity contribution in [3.63, 3.8) is 0 Å². The minimum atomic E-state index is 0.663. The third kappa shape index (κ3) is 3.74. The zero-order valence-electron chi connectivity index (χ0n) is 3.44. The Kier molecular flexibility index (Phi) is 3.55. The first-order chi connectivity index (χ1) is 2.41. The average molecular weight is 68.1 g/mol. The summed E-state index contributed by atoms with van der Waals surface area (Å²) in [5.41, 5.74) is 0. The zero-order valence-corrected chi connectivity index (χ0v) is 3.44. The van der Waals surface area contributed by atoms with Gasteiger partial charge in [0.15, 0.2) is 0 Å². The molecule has 0 N–H and O–H groups in total. The molecule has 28 valence electrons. The van der Waals surface area contributed by atoms with Crippen LogP contribution in [0.4, 0.5) is 0 Å². The molecular formula is C5H8. The minimum Gasteiger partial charge on any atom is -0.0917 e. The molecule has 0 rings (SSSR count). The third-order valence-electron chi connectivity index (χ3n) is 0.372. The van der Waals surface area contributed by atoms with Crippen LogP contribution in [0.3, 0.4) is 0 Å². The fourth-order valence-corrected chi connectivity index (χ4v) is 0.136. The molecule has 0 unspecified atom stereocenters. The molecule has 0 aliphatic carbocycles. The molecule has 0 spiro atoms. The lowest BCUT2D eigenvalue weighted by atomic mass is 10.4. The van der Waals surface area contributed by atoms with Gasteiger partial charge in [0.25, 0.3) is 0 Å². The van der Waals surface area contributed by atoms with Crippen molar-refractivity contribution in [3.8, 4) is 0 Å². The lowest BCUT2D eigenvalue weighted by Gasteiger charge is -1.64. The Bertz CT molecular complexity index is 27.0. The monoisotopic (exact) mass is 68.1 g/mol. The Labute approximate surface area is 33.5 Å². The van der Waals surface area contributed by atoms with Crippen LogP contribution < -0.4 is 0 Å². The van der Waals surface area contributed by atoms with Crippen molar-refractivity contribution in [2.45, 2.75) is 13.3 Å². The molecule has 0 aliphatic heterocycles. The number of allylic oxidation sites excluding steroid dienone is 2. The van der Waals surface area contributed by atoms with Gasteiger partial charge in [-0.2, -0.15) is 0 Å². The Morgan fingerprint density at radius 3 is 2.40 bits per heavy atom. The molecule has 0 saturated carbocycles. The molecule has 0 bridgehead atoms. The topological polar surface area (TPSA) is 0 Å². The molecule has 2 radical (unpaired) electrons. The number of hydrogen-bond acceptors (Lipinski definition) is 0. The van der Waals surface area contributed by atoms with Gasteiger partial charge in [-0.1, -0.05) is 12.2 Å². The quantitative estimate of drug-likeness (QED) is 0.410. The van der Waals surface area contributed by atoms with Crippen molar-refractivity contribution < 1.29 is 0 Å². The van der Waals surface area contributed by atoms with E-state index in [4.69, 9.17) is 6.92 Å². The van der Waals surface area contributed by atoms with Crippen molar-refractivity contribution in [2.24, 2.45) is 0 Å². The van der Waals surface area contributed by atoms with Crippen molar-refractivity contribution in [3.05, 3.63) is 19.1 Å². The molecule has 0 aromatic heterocycles. The first-order valence-corrected chi connectivity index (χ1v) is 1.73. The summed E-state index contributed by atoms with van der Waals surface area (Å²) in [4.78, 5) is 0.